The van der Waals surface area contributed by atoms with Crippen LogP contribution in [0.2, 0.25) is 0 Å². The lowest BCUT2D eigenvalue weighted by atomic mass is 9.97. The second kappa shape index (κ2) is 7.54. The van der Waals surface area contributed by atoms with Gasteiger partial charge in [-0.25, -0.2) is 0 Å². The molecule has 1 aromatic heterocycles. The summed E-state index contributed by atoms with van der Waals surface area (Å²) in [6, 6.07) is 26.9. The van der Waals surface area contributed by atoms with Crippen molar-refractivity contribution in [1.82, 2.24) is 20.2 Å². The zero-order chi connectivity index (χ0) is 17.8. The first kappa shape index (κ1) is 16.5. The largest absolute Gasteiger partial charge is 0.214 e. The molecule has 0 bridgehead atoms. The van der Waals surface area contributed by atoms with Crippen LogP contribution >= 0.6 is 11.8 Å². The first-order valence-corrected chi connectivity index (χ1v) is 9.42. The Bertz CT molecular complexity index is 997. The fourth-order valence-electron chi connectivity index (χ4n) is 2.91. The molecule has 4 aromatic rings. The molecule has 0 amide bonds. The molecule has 4 rings (SSSR count). The van der Waals surface area contributed by atoms with Crippen molar-refractivity contribution in [1.29, 1.82) is 0 Å². The molecular formula is C21H18N4S. The van der Waals surface area contributed by atoms with Crippen LogP contribution < -0.4 is 0 Å². The molecule has 0 saturated heterocycles. The van der Waals surface area contributed by atoms with Crippen LogP contribution in [-0.2, 0) is 5.75 Å². The molecule has 0 fully saturated rings. The van der Waals surface area contributed by atoms with Crippen molar-refractivity contribution in [2.45, 2.75) is 17.8 Å². The first-order valence-electron chi connectivity index (χ1n) is 8.43. The number of hydrogen-bond acceptors (Lipinski definition) is 4. The number of aromatic nitrogens is 4. The molecule has 0 spiro atoms. The van der Waals surface area contributed by atoms with Gasteiger partial charge in [-0.2, -0.15) is 4.68 Å². The number of rotatable bonds is 5. The Kier molecular flexibility index (Phi) is 4.80. The van der Waals surface area contributed by atoms with E-state index in [0.29, 0.717) is 0 Å². The standard InChI is InChI=1S/C21H18N4S/c1-16-18(11-8-14-20(16)17-9-4-2-5-10-17)15-26-21-22-23-24-25(21)19-12-6-3-7-13-19/h2-14H,15H2,1H3. The molecule has 3 aromatic carbocycles. The van der Waals surface area contributed by atoms with Crippen molar-refractivity contribution >= 4 is 11.8 Å². The Morgan fingerprint density at radius 3 is 2.35 bits per heavy atom. The van der Waals surface area contributed by atoms with Gasteiger partial charge in [-0.15, -0.1) is 5.10 Å². The summed E-state index contributed by atoms with van der Waals surface area (Å²) >= 11 is 1.65. The first-order chi connectivity index (χ1) is 12.8. The number of para-hydroxylation sites is 1. The number of hydrogen-bond donors (Lipinski definition) is 0. The maximum Gasteiger partial charge on any atom is 0.214 e. The molecule has 0 unspecified atom stereocenters. The summed E-state index contributed by atoms with van der Waals surface area (Å²) in [5.74, 6) is 0.819. The van der Waals surface area contributed by atoms with E-state index in [1.165, 1.54) is 22.3 Å². The van der Waals surface area contributed by atoms with E-state index in [-0.39, 0.29) is 0 Å². The van der Waals surface area contributed by atoms with Crippen molar-refractivity contribution in [3.63, 3.8) is 0 Å². The number of tetrazole rings is 1. The van der Waals surface area contributed by atoms with Gasteiger partial charge in [0.05, 0.1) is 5.69 Å². The molecule has 5 heteroatoms. The van der Waals surface area contributed by atoms with Crippen molar-refractivity contribution in [3.05, 3.63) is 90.0 Å². The van der Waals surface area contributed by atoms with Crippen LogP contribution in [0, 0.1) is 6.92 Å². The average Bonchev–Trinajstić information content (AvgIpc) is 3.17. The molecule has 1 heterocycles. The fraction of sp³-hybridized carbons (Fsp3) is 0.0952. The summed E-state index contributed by atoms with van der Waals surface area (Å²) in [6.45, 7) is 2.18. The predicted molar refractivity (Wildman–Crippen MR) is 105 cm³/mol. The van der Waals surface area contributed by atoms with E-state index in [9.17, 15) is 0 Å². The molecule has 26 heavy (non-hydrogen) atoms. The van der Waals surface area contributed by atoms with Gasteiger partial charge >= 0.3 is 0 Å². The lowest BCUT2D eigenvalue weighted by Crippen LogP contribution is -1.99. The zero-order valence-electron chi connectivity index (χ0n) is 14.4. The molecule has 0 radical (unpaired) electrons. The Morgan fingerprint density at radius 2 is 1.58 bits per heavy atom. The summed E-state index contributed by atoms with van der Waals surface area (Å²) in [6.07, 6.45) is 0. The van der Waals surface area contributed by atoms with E-state index >= 15 is 0 Å². The zero-order valence-corrected chi connectivity index (χ0v) is 15.2. The van der Waals surface area contributed by atoms with Crippen molar-refractivity contribution in [2.24, 2.45) is 0 Å². The molecule has 128 valence electrons. The lowest BCUT2D eigenvalue weighted by molar-refractivity contribution is 0.756. The van der Waals surface area contributed by atoms with Crippen LogP contribution in [0.15, 0.2) is 84.0 Å². The van der Waals surface area contributed by atoms with Gasteiger partial charge in [-0.1, -0.05) is 78.5 Å². The second-order valence-electron chi connectivity index (χ2n) is 5.95. The maximum absolute atomic E-state index is 4.18. The number of nitrogens with zero attached hydrogens (tertiary/aromatic N) is 4. The molecule has 0 atom stereocenters. The molecule has 0 N–H and O–H groups in total. The highest BCUT2D eigenvalue weighted by molar-refractivity contribution is 7.98. The Hall–Kier alpha value is -2.92. The van der Waals surface area contributed by atoms with Crippen LogP contribution in [0.1, 0.15) is 11.1 Å². The van der Waals surface area contributed by atoms with E-state index in [1.54, 1.807) is 16.4 Å². The van der Waals surface area contributed by atoms with Crippen molar-refractivity contribution in [3.8, 4) is 16.8 Å². The van der Waals surface area contributed by atoms with Gasteiger partial charge in [0, 0.05) is 5.75 Å². The quantitative estimate of drug-likeness (QED) is 0.475. The summed E-state index contributed by atoms with van der Waals surface area (Å²) in [5.41, 5.74) is 6.07. The summed E-state index contributed by atoms with van der Waals surface area (Å²) in [4.78, 5) is 0. The topological polar surface area (TPSA) is 43.6 Å². The number of benzene rings is 3. The van der Waals surface area contributed by atoms with Crippen LogP contribution in [0.25, 0.3) is 16.8 Å². The molecule has 4 nitrogen and oxygen atoms in total. The van der Waals surface area contributed by atoms with Crippen LogP contribution in [0.5, 0.6) is 0 Å². The van der Waals surface area contributed by atoms with E-state index in [1.807, 2.05) is 36.4 Å². The van der Waals surface area contributed by atoms with E-state index in [0.717, 1.165) is 16.6 Å². The third-order valence-corrected chi connectivity index (χ3v) is 5.30. The van der Waals surface area contributed by atoms with Gasteiger partial charge in [0.25, 0.3) is 0 Å². The highest BCUT2D eigenvalue weighted by Gasteiger charge is 2.11. The third kappa shape index (κ3) is 3.39. The van der Waals surface area contributed by atoms with Gasteiger partial charge < -0.3 is 0 Å². The van der Waals surface area contributed by atoms with E-state index < -0.39 is 0 Å². The second-order valence-corrected chi connectivity index (χ2v) is 6.90. The lowest BCUT2D eigenvalue weighted by Gasteiger charge is -2.11. The Labute approximate surface area is 156 Å². The normalized spacial score (nSPS) is 10.8. The molecule has 0 aliphatic carbocycles. The van der Waals surface area contributed by atoms with Crippen LogP contribution in [0.3, 0.4) is 0 Å². The smallest absolute Gasteiger partial charge is 0.188 e. The van der Waals surface area contributed by atoms with Crippen molar-refractivity contribution in [2.75, 3.05) is 0 Å². The molecular weight excluding hydrogens is 340 g/mol. The third-order valence-electron chi connectivity index (χ3n) is 4.33. The molecule has 0 aliphatic rings. The van der Waals surface area contributed by atoms with E-state index in [2.05, 4.69) is 64.9 Å². The Balaban J connectivity index is 1.58. The van der Waals surface area contributed by atoms with Crippen LogP contribution in [0.4, 0.5) is 0 Å². The molecule has 0 aliphatic heterocycles. The van der Waals surface area contributed by atoms with Crippen LogP contribution in [-0.4, -0.2) is 20.2 Å². The maximum atomic E-state index is 4.18. The van der Waals surface area contributed by atoms with E-state index in [4.69, 9.17) is 0 Å². The summed E-state index contributed by atoms with van der Waals surface area (Å²) in [7, 11) is 0. The van der Waals surface area contributed by atoms with Gasteiger partial charge in [0.1, 0.15) is 0 Å². The van der Waals surface area contributed by atoms with Crippen molar-refractivity contribution < 1.29 is 0 Å². The van der Waals surface area contributed by atoms with Gasteiger partial charge in [0.15, 0.2) is 0 Å². The summed E-state index contributed by atoms with van der Waals surface area (Å²) in [5, 5.41) is 12.9. The average molecular weight is 358 g/mol. The highest BCUT2D eigenvalue weighted by atomic mass is 32.2. The van der Waals surface area contributed by atoms with Gasteiger partial charge in [0.2, 0.25) is 5.16 Å². The minimum absolute atomic E-state index is 0.792. The van der Waals surface area contributed by atoms with Gasteiger partial charge in [-0.05, 0) is 51.7 Å². The van der Waals surface area contributed by atoms with Gasteiger partial charge in [-0.3, -0.25) is 0 Å². The minimum Gasteiger partial charge on any atom is -0.188 e. The fourth-order valence-corrected chi connectivity index (χ4v) is 3.87. The monoisotopic (exact) mass is 358 g/mol. The SMILES string of the molecule is Cc1c(CSc2nnnn2-c2ccccc2)cccc1-c1ccccc1. The minimum atomic E-state index is 0.792. The summed E-state index contributed by atoms with van der Waals surface area (Å²) < 4.78 is 1.78. The Morgan fingerprint density at radius 1 is 0.846 bits per heavy atom. The number of thioether (sulfide) groups is 1. The predicted octanol–water partition coefficient (Wildman–Crippen LogP) is 4.93. The molecule has 0 saturated carbocycles. The highest BCUT2D eigenvalue weighted by Crippen LogP contribution is 2.29.